The van der Waals surface area contributed by atoms with Crippen LogP contribution < -0.4 is 19.9 Å². The van der Waals surface area contributed by atoms with Crippen molar-refractivity contribution in [1.29, 1.82) is 0 Å². The highest BCUT2D eigenvalue weighted by Gasteiger charge is 2.42. The highest BCUT2D eigenvalue weighted by atomic mass is 16.5. The summed E-state index contributed by atoms with van der Waals surface area (Å²) in [4.78, 5) is 34.5. The van der Waals surface area contributed by atoms with Crippen molar-refractivity contribution < 1.29 is 19.4 Å². The first-order valence-corrected chi connectivity index (χ1v) is 11.1. The molecular weight excluding hydrogens is 422 g/mol. The molecule has 2 N–H and O–H groups in total. The molecule has 0 atom stereocenters. The number of carboxylic acid groups (broad SMARTS) is 1. The summed E-state index contributed by atoms with van der Waals surface area (Å²) in [5.41, 5.74) is 0.408. The summed E-state index contributed by atoms with van der Waals surface area (Å²) in [7, 11) is 1.55. The molecule has 1 aliphatic heterocycles. The van der Waals surface area contributed by atoms with E-state index in [1.807, 2.05) is 49.1 Å². The Morgan fingerprint density at radius 3 is 2.48 bits per heavy atom. The molecule has 0 saturated carbocycles. The largest absolute Gasteiger partial charge is 0.493 e. The predicted molar refractivity (Wildman–Crippen MR) is 126 cm³/mol. The third kappa shape index (κ3) is 4.65. The number of piperidine rings is 1. The second-order valence-corrected chi connectivity index (χ2v) is 8.81. The molecule has 2 heterocycles. The lowest BCUT2D eigenvalue weighted by molar-refractivity contribution is -0.150. The van der Waals surface area contributed by atoms with E-state index in [9.17, 15) is 14.7 Å². The molecule has 4 rings (SSSR count). The Morgan fingerprint density at radius 2 is 1.88 bits per heavy atom. The maximum atomic E-state index is 12.8. The van der Waals surface area contributed by atoms with E-state index < -0.39 is 11.4 Å². The van der Waals surface area contributed by atoms with Crippen LogP contribution in [0.2, 0.25) is 0 Å². The van der Waals surface area contributed by atoms with Gasteiger partial charge in [0.05, 0.1) is 29.5 Å². The van der Waals surface area contributed by atoms with E-state index >= 15 is 0 Å². The van der Waals surface area contributed by atoms with Gasteiger partial charge in [0, 0.05) is 19.2 Å². The number of hydrogen-bond donors (Lipinski definition) is 2. The fourth-order valence-electron chi connectivity index (χ4n) is 4.39. The number of ether oxygens (including phenoxy) is 2. The van der Waals surface area contributed by atoms with Crippen molar-refractivity contribution in [3.05, 3.63) is 58.4 Å². The maximum absolute atomic E-state index is 12.8. The number of benzene rings is 2. The summed E-state index contributed by atoms with van der Waals surface area (Å²) in [6.45, 7) is 4.78. The monoisotopic (exact) mass is 451 g/mol. The van der Waals surface area contributed by atoms with E-state index in [2.05, 4.69) is 9.97 Å². The number of H-pyrrole nitrogens is 1. The van der Waals surface area contributed by atoms with Crippen molar-refractivity contribution in [2.45, 2.75) is 39.2 Å². The van der Waals surface area contributed by atoms with Gasteiger partial charge in [-0.15, -0.1) is 0 Å². The molecule has 2 aromatic carbocycles. The van der Waals surface area contributed by atoms with Crippen molar-refractivity contribution >= 4 is 22.8 Å². The van der Waals surface area contributed by atoms with E-state index in [1.54, 1.807) is 19.2 Å². The van der Waals surface area contributed by atoms with Gasteiger partial charge in [0.15, 0.2) is 11.5 Å². The smallest absolute Gasteiger partial charge is 0.310 e. The van der Waals surface area contributed by atoms with Crippen molar-refractivity contribution in [1.82, 2.24) is 9.97 Å². The fraction of sp³-hybridized carbons (Fsp3) is 0.400. The van der Waals surface area contributed by atoms with Crippen molar-refractivity contribution in [3.63, 3.8) is 0 Å². The average molecular weight is 452 g/mol. The van der Waals surface area contributed by atoms with Gasteiger partial charge in [0.1, 0.15) is 0 Å². The molecule has 8 heteroatoms. The van der Waals surface area contributed by atoms with Crippen LogP contribution in [0.25, 0.3) is 10.9 Å². The first-order valence-electron chi connectivity index (χ1n) is 11.1. The standard InChI is InChI=1S/C25H29N3O5/c1-16(2)33-21-13-18-19(14-20(21)32-3)26-24(27-22(18)29)28-11-9-25(10-12-28,23(30)31)15-17-7-5-4-6-8-17/h4-8,13-14,16H,9-12,15H2,1-3H3,(H,30,31)(H,26,27,29). The SMILES string of the molecule is COc1cc2nc(N3CCC(Cc4ccccc4)(C(=O)O)CC3)[nH]c(=O)c2cc1OC(C)C. The van der Waals surface area contributed by atoms with Gasteiger partial charge in [-0.05, 0) is 44.7 Å². The van der Waals surface area contributed by atoms with Crippen LogP contribution >= 0.6 is 0 Å². The summed E-state index contributed by atoms with van der Waals surface area (Å²) in [6.07, 6.45) is 1.34. The Labute approximate surface area is 192 Å². The molecule has 174 valence electrons. The van der Waals surface area contributed by atoms with Crippen molar-refractivity contribution in [2.24, 2.45) is 5.41 Å². The summed E-state index contributed by atoms with van der Waals surface area (Å²) in [5, 5.41) is 10.4. The Morgan fingerprint density at radius 1 is 1.18 bits per heavy atom. The molecule has 1 aromatic heterocycles. The number of nitrogens with one attached hydrogen (secondary N) is 1. The predicted octanol–water partition coefficient (Wildman–Crippen LogP) is 3.63. The van der Waals surface area contributed by atoms with Crippen LogP contribution in [0.5, 0.6) is 11.5 Å². The number of fused-ring (bicyclic) bond motifs is 1. The Bertz CT molecular complexity index is 1200. The third-order valence-corrected chi connectivity index (χ3v) is 6.20. The van der Waals surface area contributed by atoms with Gasteiger partial charge < -0.3 is 19.5 Å². The van der Waals surface area contributed by atoms with Crippen LogP contribution in [-0.4, -0.2) is 47.3 Å². The Kier molecular flexibility index (Phi) is 6.26. The minimum atomic E-state index is -0.832. The molecule has 0 unspecified atom stereocenters. The van der Waals surface area contributed by atoms with Gasteiger partial charge >= 0.3 is 5.97 Å². The fourth-order valence-corrected chi connectivity index (χ4v) is 4.39. The number of aliphatic carboxylic acids is 1. The van der Waals surface area contributed by atoms with E-state index in [1.165, 1.54) is 0 Å². The summed E-state index contributed by atoms with van der Waals surface area (Å²) >= 11 is 0. The van der Waals surface area contributed by atoms with E-state index in [0.29, 0.717) is 60.7 Å². The number of rotatable bonds is 7. The molecule has 8 nitrogen and oxygen atoms in total. The molecular formula is C25H29N3O5. The third-order valence-electron chi connectivity index (χ3n) is 6.20. The minimum Gasteiger partial charge on any atom is -0.493 e. The van der Waals surface area contributed by atoms with Crippen LogP contribution in [0.4, 0.5) is 5.95 Å². The van der Waals surface area contributed by atoms with E-state index in [-0.39, 0.29) is 11.7 Å². The lowest BCUT2D eigenvalue weighted by atomic mass is 9.74. The zero-order chi connectivity index (χ0) is 23.6. The number of aromatic amines is 1. The van der Waals surface area contributed by atoms with Crippen LogP contribution in [-0.2, 0) is 11.2 Å². The Balaban J connectivity index is 1.60. The van der Waals surface area contributed by atoms with Gasteiger partial charge in [-0.2, -0.15) is 0 Å². The van der Waals surface area contributed by atoms with Crippen LogP contribution in [0.15, 0.2) is 47.3 Å². The lowest BCUT2D eigenvalue weighted by Gasteiger charge is -2.39. The molecule has 1 aliphatic rings. The van der Waals surface area contributed by atoms with Crippen molar-refractivity contribution in [3.8, 4) is 11.5 Å². The number of aromatic nitrogens is 2. The molecule has 0 spiro atoms. The summed E-state index contributed by atoms with van der Waals surface area (Å²) in [5.74, 6) is 0.649. The number of anilines is 1. The maximum Gasteiger partial charge on any atom is 0.310 e. The van der Waals surface area contributed by atoms with Crippen LogP contribution in [0.3, 0.4) is 0 Å². The molecule has 1 saturated heterocycles. The summed E-state index contributed by atoms with van der Waals surface area (Å²) in [6, 6.07) is 13.1. The highest BCUT2D eigenvalue weighted by Crippen LogP contribution is 2.37. The zero-order valence-corrected chi connectivity index (χ0v) is 19.1. The molecule has 0 amide bonds. The van der Waals surface area contributed by atoms with E-state index in [0.717, 1.165) is 5.56 Å². The average Bonchev–Trinajstić information content (AvgIpc) is 2.79. The van der Waals surface area contributed by atoms with Gasteiger partial charge in [0.2, 0.25) is 5.95 Å². The second-order valence-electron chi connectivity index (χ2n) is 8.81. The molecule has 1 fully saturated rings. The van der Waals surface area contributed by atoms with Crippen LogP contribution in [0.1, 0.15) is 32.3 Å². The minimum absolute atomic E-state index is 0.0681. The quantitative estimate of drug-likeness (QED) is 0.565. The molecule has 3 aromatic rings. The normalized spacial score (nSPS) is 15.6. The van der Waals surface area contributed by atoms with E-state index in [4.69, 9.17) is 9.47 Å². The number of methoxy groups -OCH3 is 1. The molecule has 0 aliphatic carbocycles. The number of carboxylic acids is 1. The molecule has 0 radical (unpaired) electrons. The Hall–Kier alpha value is -3.55. The number of hydrogen-bond acceptors (Lipinski definition) is 6. The van der Waals surface area contributed by atoms with Gasteiger partial charge in [0.25, 0.3) is 5.56 Å². The van der Waals surface area contributed by atoms with Crippen molar-refractivity contribution in [2.75, 3.05) is 25.1 Å². The van der Waals surface area contributed by atoms with Gasteiger partial charge in [-0.3, -0.25) is 14.6 Å². The number of carbonyl (C=O) groups is 1. The molecule has 33 heavy (non-hydrogen) atoms. The second kappa shape index (κ2) is 9.13. The first kappa shape index (κ1) is 22.6. The summed E-state index contributed by atoms with van der Waals surface area (Å²) < 4.78 is 11.2. The molecule has 0 bridgehead atoms. The van der Waals surface area contributed by atoms with Gasteiger partial charge in [-0.25, -0.2) is 4.98 Å². The lowest BCUT2D eigenvalue weighted by Crippen LogP contribution is -2.46. The highest BCUT2D eigenvalue weighted by molar-refractivity contribution is 5.83. The topological polar surface area (TPSA) is 105 Å². The zero-order valence-electron chi connectivity index (χ0n) is 19.1. The van der Waals surface area contributed by atoms with Gasteiger partial charge in [-0.1, -0.05) is 30.3 Å². The number of nitrogens with zero attached hydrogens (tertiary/aromatic N) is 2. The first-order chi connectivity index (χ1) is 15.8. The van der Waals surface area contributed by atoms with Crippen LogP contribution in [0, 0.1) is 5.41 Å².